The Hall–Kier alpha value is -1.95. The van der Waals surface area contributed by atoms with Gasteiger partial charge in [0.25, 0.3) is 0 Å². The van der Waals surface area contributed by atoms with Crippen LogP contribution in [0.2, 0.25) is 0 Å². The molecule has 19 heavy (non-hydrogen) atoms. The van der Waals surface area contributed by atoms with Crippen LogP contribution in [0.3, 0.4) is 0 Å². The van der Waals surface area contributed by atoms with E-state index in [1.807, 2.05) is 6.92 Å². The fourth-order valence-corrected chi connectivity index (χ4v) is 1.74. The summed E-state index contributed by atoms with van der Waals surface area (Å²) in [6, 6.07) is 4.29. The number of ether oxygens (including phenoxy) is 1. The van der Waals surface area contributed by atoms with Crippen molar-refractivity contribution in [1.29, 1.82) is 0 Å². The minimum atomic E-state index is -0.307. The second-order valence-electron chi connectivity index (χ2n) is 4.45. The van der Waals surface area contributed by atoms with Gasteiger partial charge in [-0.05, 0) is 37.1 Å². The van der Waals surface area contributed by atoms with E-state index in [9.17, 15) is 4.39 Å². The molecule has 0 aliphatic rings. The number of halogens is 1. The monoisotopic (exact) mass is 265 g/mol. The summed E-state index contributed by atoms with van der Waals surface area (Å²) in [5, 5.41) is 3.73. The van der Waals surface area contributed by atoms with Gasteiger partial charge in [-0.3, -0.25) is 0 Å². The Labute approximate surface area is 110 Å². The van der Waals surface area contributed by atoms with E-state index in [2.05, 4.69) is 10.1 Å². The molecule has 0 aliphatic carbocycles. The molecular formula is C13H16FN3O2. The van der Waals surface area contributed by atoms with Crippen LogP contribution in [0.4, 0.5) is 4.39 Å². The van der Waals surface area contributed by atoms with Crippen LogP contribution in [0.25, 0.3) is 0 Å². The van der Waals surface area contributed by atoms with E-state index in [0.717, 1.165) is 5.56 Å². The standard InChI is InChI=1S/C13H16FN3O2/c1-8(15)5-10-6-11(14)3-4-12(10)18-7-13-16-9(2)19-17-13/h3-4,6,8H,5,7,15H2,1-2H3. The van der Waals surface area contributed by atoms with Crippen LogP contribution in [-0.4, -0.2) is 16.2 Å². The summed E-state index contributed by atoms with van der Waals surface area (Å²) in [7, 11) is 0. The van der Waals surface area contributed by atoms with E-state index < -0.39 is 0 Å². The molecule has 6 heteroatoms. The van der Waals surface area contributed by atoms with Gasteiger partial charge < -0.3 is 15.0 Å². The molecule has 1 atom stereocenters. The average molecular weight is 265 g/mol. The van der Waals surface area contributed by atoms with Crippen LogP contribution in [-0.2, 0) is 13.0 Å². The second-order valence-corrected chi connectivity index (χ2v) is 4.45. The lowest BCUT2D eigenvalue weighted by molar-refractivity contribution is 0.282. The van der Waals surface area contributed by atoms with Crippen molar-refractivity contribution in [1.82, 2.24) is 10.1 Å². The maximum atomic E-state index is 13.2. The third-order valence-electron chi connectivity index (χ3n) is 2.49. The van der Waals surface area contributed by atoms with Gasteiger partial charge in [0.15, 0.2) is 6.61 Å². The summed E-state index contributed by atoms with van der Waals surface area (Å²) in [5.74, 6) is 1.21. The van der Waals surface area contributed by atoms with Crippen LogP contribution in [0, 0.1) is 12.7 Å². The molecule has 0 spiro atoms. The van der Waals surface area contributed by atoms with E-state index in [4.69, 9.17) is 15.0 Å². The molecule has 2 rings (SSSR count). The number of benzene rings is 1. The van der Waals surface area contributed by atoms with E-state index in [1.54, 1.807) is 13.0 Å². The topological polar surface area (TPSA) is 74.2 Å². The van der Waals surface area contributed by atoms with E-state index >= 15 is 0 Å². The zero-order valence-corrected chi connectivity index (χ0v) is 10.9. The Kier molecular flexibility index (Phi) is 4.11. The molecule has 2 N–H and O–H groups in total. The molecule has 0 bridgehead atoms. The normalized spacial score (nSPS) is 12.4. The minimum absolute atomic E-state index is 0.0726. The number of hydrogen-bond donors (Lipinski definition) is 1. The zero-order valence-electron chi connectivity index (χ0n) is 10.9. The average Bonchev–Trinajstić information content (AvgIpc) is 2.73. The van der Waals surface area contributed by atoms with E-state index in [0.29, 0.717) is 23.9 Å². The Morgan fingerprint density at radius 3 is 2.89 bits per heavy atom. The number of rotatable bonds is 5. The van der Waals surface area contributed by atoms with E-state index in [1.165, 1.54) is 12.1 Å². The number of aryl methyl sites for hydroxylation is 1. The molecule has 0 saturated heterocycles. The summed E-state index contributed by atoms with van der Waals surface area (Å²) in [6.45, 7) is 3.74. The van der Waals surface area contributed by atoms with Gasteiger partial charge >= 0.3 is 0 Å². The van der Waals surface area contributed by atoms with Crippen LogP contribution < -0.4 is 10.5 Å². The molecule has 0 saturated carbocycles. The predicted octanol–water partition coefficient (Wildman–Crippen LogP) is 1.99. The molecule has 5 nitrogen and oxygen atoms in total. The van der Waals surface area contributed by atoms with Crippen LogP contribution in [0.5, 0.6) is 5.75 Å². The van der Waals surface area contributed by atoms with Gasteiger partial charge in [0, 0.05) is 13.0 Å². The molecule has 2 aromatic rings. The summed E-state index contributed by atoms with van der Waals surface area (Å²) in [6.07, 6.45) is 0.540. The number of aromatic nitrogens is 2. The van der Waals surface area contributed by atoms with Crippen molar-refractivity contribution in [2.45, 2.75) is 32.9 Å². The van der Waals surface area contributed by atoms with Crippen LogP contribution >= 0.6 is 0 Å². The highest BCUT2D eigenvalue weighted by Crippen LogP contribution is 2.22. The molecule has 0 aliphatic heterocycles. The first kappa shape index (κ1) is 13.5. The SMILES string of the molecule is Cc1nc(COc2ccc(F)cc2CC(C)N)no1. The van der Waals surface area contributed by atoms with Crippen molar-refractivity contribution in [3.63, 3.8) is 0 Å². The molecule has 0 amide bonds. The lowest BCUT2D eigenvalue weighted by atomic mass is 10.1. The number of nitrogens with zero attached hydrogens (tertiary/aromatic N) is 2. The first-order valence-electron chi connectivity index (χ1n) is 6.00. The van der Waals surface area contributed by atoms with Gasteiger partial charge in [0.1, 0.15) is 11.6 Å². The van der Waals surface area contributed by atoms with Crippen molar-refractivity contribution in [2.24, 2.45) is 5.73 Å². The third kappa shape index (κ3) is 3.75. The first-order chi connectivity index (χ1) is 9.04. The molecule has 102 valence electrons. The van der Waals surface area contributed by atoms with Crippen molar-refractivity contribution >= 4 is 0 Å². The maximum absolute atomic E-state index is 13.2. The van der Waals surface area contributed by atoms with Gasteiger partial charge in [-0.25, -0.2) is 4.39 Å². The number of nitrogens with two attached hydrogens (primary N) is 1. The molecule has 0 fully saturated rings. The Bertz CT molecular complexity index is 555. The molecule has 1 unspecified atom stereocenters. The summed E-state index contributed by atoms with van der Waals surface area (Å²) >= 11 is 0. The van der Waals surface area contributed by atoms with Gasteiger partial charge in [0.05, 0.1) is 0 Å². The van der Waals surface area contributed by atoms with Gasteiger partial charge in [-0.1, -0.05) is 5.16 Å². The highest BCUT2D eigenvalue weighted by atomic mass is 19.1. The Balaban J connectivity index is 2.10. The van der Waals surface area contributed by atoms with Crippen LogP contribution in [0.15, 0.2) is 22.7 Å². The van der Waals surface area contributed by atoms with Gasteiger partial charge in [-0.2, -0.15) is 4.98 Å². The summed E-state index contributed by atoms with van der Waals surface area (Å²) in [4.78, 5) is 4.03. The molecule has 0 radical (unpaired) electrons. The fourth-order valence-electron chi connectivity index (χ4n) is 1.74. The van der Waals surface area contributed by atoms with Crippen LogP contribution in [0.1, 0.15) is 24.2 Å². The first-order valence-corrected chi connectivity index (χ1v) is 6.00. The minimum Gasteiger partial charge on any atom is -0.485 e. The highest BCUT2D eigenvalue weighted by Gasteiger charge is 2.10. The largest absolute Gasteiger partial charge is 0.485 e. The van der Waals surface area contributed by atoms with Gasteiger partial charge in [-0.15, -0.1) is 0 Å². The molecule has 1 aromatic heterocycles. The van der Waals surface area contributed by atoms with Gasteiger partial charge in [0.2, 0.25) is 11.7 Å². The predicted molar refractivity (Wildman–Crippen MR) is 67.1 cm³/mol. The van der Waals surface area contributed by atoms with Crippen molar-refractivity contribution < 1.29 is 13.7 Å². The lowest BCUT2D eigenvalue weighted by Crippen LogP contribution is -2.18. The van der Waals surface area contributed by atoms with Crippen molar-refractivity contribution in [3.8, 4) is 5.75 Å². The Morgan fingerprint density at radius 1 is 1.47 bits per heavy atom. The third-order valence-corrected chi connectivity index (χ3v) is 2.49. The quantitative estimate of drug-likeness (QED) is 0.894. The number of hydrogen-bond acceptors (Lipinski definition) is 5. The smallest absolute Gasteiger partial charge is 0.223 e. The zero-order chi connectivity index (χ0) is 13.8. The van der Waals surface area contributed by atoms with Crippen molar-refractivity contribution in [2.75, 3.05) is 0 Å². The second kappa shape index (κ2) is 5.79. The molecular weight excluding hydrogens is 249 g/mol. The molecule has 1 aromatic carbocycles. The molecule has 1 heterocycles. The summed E-state index contributed by atoms with van der Waals surface area (Å²) < 4.78 is 23.7. The maximum Gasteiger partial charge on any atom is 0.223 e. The highest BCUT2D eigenvalue weighted by molar-refractivity contribution is 5.34. The van der Waals surface area contributed by atoms with Crippen molar-refractivity contribution in [3.05, 3.63) is 41.3 Å². The van der Waals surface area contributed by atoms with E-state index in [-0.39, 0.29) is 18.5 Å². The lowest BCUT2D eigenvalue weighted by Gasteiger charge is -2.12. The fraction of sp³-hybridized carbons (Fsp3) is 0.385. The summed E-state index contributed by atoms with van der Waals surface area (Å²) in [5.41, 5.74) is 6.47. The Morgan fingerprint density at radius 2 is 2.26 bits per heavy atom.